The summed E-state index contributed by atoms with van der Waals surface area (Å²) in [7, 11) is 0. The second kappa shape index (κ2) is 4.35. The van der Waals surface area contributed by atoms with Crippen LogP contribution >= 0.6 is 0 Å². The minimum Gasteiger partial charge on any atom is -0.498 e. The monoisotopic (exact) mass is 196 g/mol. The molecule has 0 aromatic rings. The number of ether oxygens (including phenoxy) is 2. The Morgan fingerprint density at radius 3 is 2.79 bits per heavy atom. The van der Waals surface area contributed by atoms with Crippen molar-refractivity contribution in [2.75, 3.05) is 13.2 Å². The molecule has 0 aromatic carbocycles. The summed E-state index contributed by atoms with van der Waals surface area (Å²) in [6.07, 6.45) is 9.42. The Morgan fingerprint density at radius 1 is 1.36 bits per heavy atom. The first kappa shape index (κ1) is 10.0. The van der Waals surface area contributed by atoms with Crippen LogP contribution in [0.15, 0.2) is 11.8 Å². The van der Waals surface area contributed by atoms with Crippen LogP contribution in [-0.2, 0) is 9.47 Å². The van der Waals surface area contributed by atoms with Crippen LogP contribution in [0.1, 0.15) is 45.4 Å². The molecular weight excluding hydrogens is 176 g/mol. The van der Waals surface area contributed by atoms with Gasteiger partial charge in [0, 0.05) is 6.61 Å². The van der Waals surface area contributed by atoms with Crippen molar-refractivity contribution in [2.24, 2.45) is 0 Å². The molecule has 1 unspecified atom stereocenters. The van der Waals surface area contributed by atoms with Crippen LogP contribution < -0.4 is 0 Å². The van der Waals surface area contributed by atoms with Crippen molar-refractivity contribution >= 4 is 0 Å². The van der Waals surface area contributed by atoms with E-state index in [-0.39, 0.29) is 5.60 Å². The van der Waals surface area contributed by atoms with Crippen molar-refractivity contribution in [2.45, 2.75) is 51.0 Å². The van der Waals surface area contributed by atoms with E-state index >= 15 is 0 Å². The van der Waals surface area contributed by atoms with Gasteiger partial charge in [-0.05, 0) is 51.0 Å². The average Bonchev–Trinajstić information content (AvgIpc) is 2.77. The Hall–Kier alpha value is -0.500. The molecule has 0 spiro atoms. The van der Waals surface area contributed by atoms with E-state index in [1.807, 2.05) is 6.26 Å². The highest BCUT2D eigenvalue weighted by atomic mass is 16.5. The third kappa shape index (κ3) is 2.50. The van der Waals surface area contributed by atoms with Crippen molar-refractivity contribution in [3.05, 3.63) is 11.8 Å². The lowest BCUT2D eigenvalue weighted by atomic mass is 10.1. The van der Waals surface area contributed by atoms with Gasteiger partial charge in [0.15, 0.2) is 0 Å². The lowest BCUT2D eigenvalue weighted by Gasteiger charge is -2.22. The maximum Gasteiger partial charge on any atom is 0.116 e. The summed E-state index contributed by atoms with van der Waals surface area (Å²) in [6, 6.07) is 0. The van der Waals surface area contributed by atoms with Gasteiger partial charge in [0.05, 0.1) is 11.9 Å². The first-order valence-corrected chi connectivity index (χ1v) is 5.72. The van der Waals surface area contributed by atoms with Crippen molar-refractivity contribution in [1.29, 1.82) is 0 Å². The zero-order valence-corrected chi connectivity index (χ0v) is 9.05. The average molecular weight is 196 g/mol. The fraction of sp³-hybridized carbons (Fsp3) is 0.833. The highest BCUT2D eigenvalue weighted by Gasteiger charge is 2.30. The van der Waals surface area contributed by atoms with Crippen molar-refractivity contribution in [1.82, 2.24) is 0 Å². The predicted octanol–water partition coefficient (Wildman–Crippen LogP) is 3.03. The molecule has 0 bridgehead atoms. The van der Waals surface area contributed by atoms with Crippen molar-refractivity contribution in [3.8, 4) is 0 Å². The minimum absolute atomic E-state index is 0.0182. The maximum atomic E-state index is 5.65. The summed E-state index contributed by atoms with van der Waals surface area (Å²) in [5.41, 5.74) is 1.46. The molecule has 1 aliphatic carbocycles. The van der Waals surface area contributed by atoms with Gasteiger partial charge >= 0.3 is 0 Å². The van der Waals surface area contributed by atoms with Crippen LogP contribution in [0.4, 0.5) is 0 Å². The predicted molar refractivity (Wildman–Crippen MR) is 56.1 cm³/mol. The van der Waals surface area contributed by atoms with Crippen LogP contribution in [0, 0.1) is 0 Å². The molecule has 0 N–H and O–H groups in total. The van der Waals surface area contributed by atoms with Gasteiger partial charge in [-0.15, -0.1) is 0 Å². The molecule has 1 saturated carbocycles. The van der Waals surface area contributed by atoms with E-state index in [9.17, 15) is 0 Å². The smallest absolute Gasteiger partial charge is 0.116 e. The van der Waals surface area contributed by atoms with Gasteiger partial charge in [-0.2, -0.15) is 0 Å². The molecule has 2 heteroatoms. The van der Waals surface area contributed by atoms with E-state index in [4.69, 9.17) is 9.47 Å². The van der Waals surface area contributed by atoms with Gasteiger partial charge < -0.3 is 9.47 Å². The molecule has 2 rings (SSSR count). The van der Waals surface area contributed by atoms with Gasteiger partial charge in [-0.3, -0.25) is 0 Å². The summed E-state index contributed by atoms with van der Waals surface area (Å²) in [5.74, 6) is 0. The molecule has 1 aliphatic heterocycles. The lowest BCUT2D eigenvalue weighted by molar-refractivity contribution is -0.0284. The molecule has 2 aliphatic rings. The molecule has 2 nitrogen and oxygen atoms in total. The van der Waals surface area contributed by atoms with Crippen LogP contribution in [0.5, 0.6) is 0 Å². The molecule has 2 fully saturated rings. The second-order valence-corrected chi connectivity index (χ2v) is 4.70. The van der Waals surface area contributed by atoms with Crippen molar-refractivity contribution in [3.63, 3.8) is 0 Å². The zero-order chi connectivity index (χ0) is 9.86. The third-order valence-corrected chi connectivity index (χ3v) is 3.18. The molecule has 1 saturated heterocycles. The minimum atomic E-state index is -0.0182. The standard InChI is InChI=1S/C12H20O2/c1-12(7-4-8-14-12)10-13-9-11-5-2-3-6-11/h9H,2-8,10H2,1H3. The molecule has 80 valence electrons. The Kier molecular flexibility index (Phi) is 3.12. The Balaban J connectivity index is 1.73. The highest BCUT2D eigenvalue weighted by molar-refractivity contribution is 5.02. The Bertz CT molecular complexity index is 206. The topological polar surface area (TPSA) is 18.5 Å². The molecule has 0 radical (unpaired) electrons. The fourth-order valence-corrected chi connectivity index (χ4v) is 2.23. The molecule has 0 aromatic heterocycles. The molecule has 0 amide bonds. The van der Waals surface area contributed by atoms with Crippen LogP contribution in [0.25, 0.3) is 0 Å². The zero-order valence-electron chi connectivity index (χ0n) is 9.05. The third-order valence-electron chi connectivity index (χ3n) is 3.18. The lowest BCUT2D eigenvalue weighted by Crippen LogP contribution is -2.28. The largest absolute Gasteiger partial charge is 0.498 e. The van der Waals surface area contributed by atoms with Gasteiger partial charge in [0.2, 0.25) is 0 Å². The number of rotatable bonds is 3. The summed E-state index contributed by atoms with van der Waals surface area (Å²) in [6.45, 7) is 3.76. The quantitative estimate of drug-likeness (QED) is 0.646. The van der Waals surface area contributed by atoms with Gasteiger partial charge in [-0.1, -0.05) is 0 Å². The van der Waals surface area contributed by atoms with Crippen molar-refractivity contribution < 1.29 is 9.47 Å². The van der Waals surface area contributed by atoms with Gasteiger partial charge in [-0.25, -0.2) is 0 Å². The van der Waals surface area contributed by atoms with Gasteiger partial charge in [0.25, 0.3) is 0 Å². The normalized spacial score (nSPS) is 32.2. The highest BCUT2D eigenvalue weighted by Crippen LogP contribution is 2.27. The van der Waals surface area contributed by atoms with E-state index in [1.165, 1.54) is 37.7 Å². The summed E-state index contributed by atoms with van der Waals surface area (Å²) in [4.78, 5) is 0. The van der Waals surface area contributed by atoms with Crippen LogP contribution in [0.3, 0.4) is 0 Å². The second-order valence-electron chi connectivity index (χ2n) is 4.70. The van der Waals surface area contributed by atoms with E-state index < -0.39 is 0 Å². The van der Waals surface area contributed by atoms with E-state index in [2.05, 4.69) is 6.92 Å². The number of hydrogen-bond acceptors (Lipinski definition) is 2. The van der Waals surface area contributed by atoms with Crippen LogP contribution in [0.2, 0.25) is 0 Å². The fourth-order valence-electron chi connectivity index (χ4n) is 2.23. The molecule has 1 atom stereocenters. The molecule has 1 heterocycles. The molecule has 14 heavy (non-hydrogen) atoms. The Labute approximate surface area is 86.3 Å². The number of hydrogen-bond donors (Lipinski definition) is 0. The van der Waals surface area contributed by atoms with Crippen LogP contribution in [-0.4, -0.2) is 18.8 Å². The van der Waals surface area contributed by atoms with E-state index in [0.29, 0.717) is 0 Å². The van der Waals surface area contributed by atoms with Gasteiger partial charge in [0.1, 0.15) is 6.61 Å². The SMILES string of the molecule is CC1(COC=C2CCCC2)CCCO1. The number of allylic oxidation sites excluding steroid dienone is 1. The van der Waals surface area contributed by atoms with E-state index in [1.54, 1.807) is 0 Å². The molecular formula is C12H20O2. The Morgan fingerprint density at radius 2 is 2.14 bits per heavy atom. The first-order chi connectivity index (χ1) is 6.79. The summed E-state index contributed by atoms with van der Waals surface area (Å²) in [5, 5.41) is 0. The summed E-state index contributed by atoms with van der Waals surface area (Å²) >= 11 is 0. The first-order valence-electron chi connectivity index (χ1n) is 5.72. The van der Waals surface area contributed by atoms with E-state index in [0.717, 1.165) is 19.6 Å². The maximum absolute atomic E-state index is 5.65. The summed E-state index contributed by atoms with van der Waals surface area (Å²) < 4.78 is 11.3.